The zero-order valence-corrected chi connectivity index (χ0v) is 20.7. The van der Waals surface area contributed by atoms with Gasteiger partial charge in [0, 0.05) is 44.3 Å². The molecule has 2 heterocycles. The van der Waals surface area contributed by atoms with Gasteiger partial charge in [-0.05, 0) is 62.6 Å². The number of hydrogen-bond donors (Lipinski definition) is 0. The maximum Gasteiger partial charge on any atom is 0.410 e. The summed E-state index contributed by atoms with van der Waals surface area (Å²) in [6, 6.07) is 17.8. The van der Waals surface area contributed by atoms with E-state index in [0.29, 0.717) is 50.9 Å². The first-order valence-corrected chi connectivity index (χ1v) is 12.8. The lowest BCUT2D eigenvalue weighted by atomic mass is 10.1. The molecule has 1 atom stereocenters. The number of benzene rings is 2. The summed E-state index contributed by atoms with van der Waals surface area (Å²) >= 11 is 0. The number of piperazine rings is 1. The number of ether oxygens (including phenoxy) is 2. The first kappa shape index (κ1) is 25.2. The molecule has 2 aromatic carbocycles. The first-order chi connectivity index (χ1) is 17.1. The molecule has 0 bridgehead atoms. The Balaban J connectivity index is 1.13. The van der Waals surface area contributed by atoms with Crippen molar-refractivity contribution in [2.75, 3.05) is 52.4 Å². The van der Waals surface area contributed by atoms with E-state index < -0.39 is 0 Å². The third-order valence-corrected chi connectivity index (χ3v) is 6.93. The molecule has 0 radical (unpaired) electrons. The van der Waals surface area contributed by atoms with Crippen molar-refractivity contribution < 1.29 is 19.1 Å². The van der Waals surface area contributed by atoms with Gasteiger partial charge in [0.05, 0.1) is 13.2 Å². The fourth-order valence-corrected chi connectivity index (χ4v) is 4.71. The second-order valence-corrected chi connectivity index (χ2v) is 9.48. The molecule has 0 saturated carbocycles. The molecule has 2 aromatic rings. The lowest BCUT2D eigenvalue weighted by molar-refractivity contribution is 0.0678. The molecule has 2 aliphatic rings. The Morgan fingerprint density at radius 3 is 2.37 bits per heavy atom. The highest BCUT2D eigenvalue weighted by molar-refractivity contribution is 5.97. The molecule has 2 saturated heterocycles. The molecule has 0 N–H and O–H groups in total. The van der Waals surface area contributed by atoms with Crippen LogP contribution in [-0.4, -0.2) is 85.0 Å². The lowest BCUT2D eigenvalue weighted by Crippen LogP contribution is -2.50. The molecular weight excluding hydrogens is 442 g/mol. The van der Waals surface area contributed by atoms with Crippen LogP contribution < -0.4 is 4.74 Å². The van der Waals surface area contributed by atoms with Crippen molar-refractivity contribution in [3.63, 3.8) is 0 Å². The van der Waals surface area contributed by atoms with Crippen LogP contribution in [0.4, 0.5) is 4.79 Å². The van der Waals surface area contributed by atoms with Gasteiger partial charge in [0.25, 0.3) is 0 Å². The van der Waals surface area contributed by atoms with Gasteiger partial charge >= 0.3 is 6.09 Å². The van der Waals surface area contributed by atoms with Gasteiger partial charge in [-0.25, -0.2) is 4.79 Å². The van der Waals surface area contributed by atoms with Gasteiger partial charge in [-0.2, -0.15) is 0 Å². The predicted molar refractivity (Wildman–Crippen MR) is 136 cm³/mol. The summed E-state index contributed by atoms with van der Waals surface area (Å²) in [5.74, 6) is 0.887. The highest BCUT2D eigenvalue weighted by Crippen LogP contribution is 2.17. The van der Waals surface area contributed by atoms with Gasteiger partial charge in [-0.15, -0.1) is 0 Å². The predicted octanol–water partition coefficient (Wildman–Crippen LogP) is 4.08. The summed E-state index contributed by atoms with van der Waals surface area (Å²) in [7, 11) is 0. The second kappa shape index (κ2) is 12.7. The van der Waals surface area contributed by atoms with Gasteiger partial charge in [0.15, 0.2) is 5.78 Å². The van der Waals surface area contributed by atoms with Crippen molar-refractivity contribution in [3.05, 3.63) is 65.7 Å². The van der Waals surface area contributed by atoms with Crippen LogP contribution in [0.5, 0.6) is 5.75 Å². The van der Waals surface area contributed by atoms with Crippen LogP contribution in [0.15, 0.2) is 54.6 Å². The van der Waals surface area contributed by atoms with Crippen molar-refractivity contribution in [3.8, 4) is 5.75 Å². The molecule has 0 aliphatic carbocycles. The Bertz CT molecular complexity index is 942. The molecular formula is C28H37N3O4. The average Bonchev–Trinajstić information content (AvgIpc) is 3.31. The number of amides is 1. The largest absolute Gasteiger partial charge is 0.494 e. The van der Waals surface area contributed by atoms with E-state index in [1.807, 2.05) is 54.6 Å². The molecule has 1 amide bonds. The van der Waals surface area contributed by atoms with E-state index in [2.05, 4.69) is 16.7 Å². The van der Waals surface area contributed by atoms with Crippen LogP contribution in [0, 0.1) is 0 Å². The summed E-state index contributed by atoms with van der Waals surface area (Å²) in [6.07, 6.45) is 3.31. The Morgan fingerprint density at radius 1 is 0.943 bits per heavy atom. The van der Waals surface area contributed by atoms with Gasteiger partial charge < -0.3 is 19.3 Å². The fraction of sp³-hybridized carbons (Fsp3) is 0.500. The Morgan fingerprint density at radius 2 is 1.69 bits per heavy atom. The van der Waals surface area contributed by atoms with Gasteiger partial charge in [-0.1, -0.05) is 30.3 Å². The number of carbonyl (C=O) groups excluding carboxylic acids is 2. The molecule has 2 aliphatic heterocycles. The topological polar surface area (TPSA) is 62.3 Å². The summed E-state index contributed by atoms with van der Waals surface area (Å²) in [6.45, 7) is 8.32. The van der Waals surface area contributed by atoms with E-state index in [1.165, 1.54) is 19.4 Å². The Kier molecular flexibility index (Phi) is 9.15. The summed E-state index contributed by atoms with van der Waals surface area (Å²) < 4.78 is 11.3. The van der Waals surface area contributed by atoms with Gasteiger partial charge in [-0.3, -0.25) is 9.69 Å². The van der Waals surface area contributed by atoms with Gasteiger partial charge in [0.1, 0.15) is 12.4 Å². The summed E-state index contributed by atoms with van der Waals surface area (Å²) in [4.78, 5) is 31.4. The molecule has 7 nitrogen and oxygen atoms in total. The number of rotatable bonds is 10. The molecule has 0 spiro atoms. The van der Waals surface area contributed by atoms with Crippen LogP contribution in [0.3, 0.4) is 0 Å². The van der Waals surface area contributed by atoms with Crippen LogP contribution in [0.2, 0.25) is 0 Å². The van der Waals surface area contributed by atoms with Crippen molar-refractivity contribution in [1.82, 2.24) is 14.7 Å². The minimum atomic E-state index is -0.301. The van der Waals surface area contributed by atoms with Crippen molar-refractivity contribution >= 4 is 11.9 Å². The lowest BCUT2D eigenvalue weighted by Gasteiger charge is -2.33. The van der Waals surface area contributed by atoms with E-state index in [4.69, 9.17) is 9.47 Å². The monoisotopic (exact) mass is 479 g/mol. The third-order valence-electron chi connectivity index (χ3n) is 6.93. The average molecular weight is 480 g/mol. The fourth-order valence-electron chi connectivity index (χ4n) is 4.71. The molecule has 4 rings (SSSR count). The molecule has 35 heavy (non-hydrogen) atoms. The molecule has 188 valence electrons. The Labute approximate surface area is 208 Å². The maximum atomic E-state index is 12.7. The molecule has 2 fully saturated rings. The molecule has 0 aromatic heterocycles. The molecule has 7 heteroatoms. The van der Waals surface area contributed by atoms with Crippen LogP contribution in [-0.2, 0) is 11.3 Å². The minimum absolute atomic E-state index is 0.0830. The smallest absolute Gasteiger partial charge is 0.410 e. The second-order valence-electron chi connectivity index (χ2n) is 9.48. The standard InChI is InChI=1S/C28H37N3O4/c1-23-7-5-14-30(23)15-6-20-34-26-12-10-25(11-13-26)27(32)21-29-16-18-31(19-17-29)28(33)35-22-24-8-3-2-4-9-24/h2-4,8-13,23H,5-7,14-22H2,1H3/t23-/m1/s1. The van der Waals surface area contributed by atoms with E-state index in [1.54, 1.807) is 4.90 Å². The normalized spacial score (nSPS) is 19.0. The van der Waals surface area contributed by atoms with E-state index in [9.17, 15) is 9.59 Å². The number of hydrogen-bond acceptors (Lipinski definition) is 6. The van der Waals surface area contributed by atoms with E-state index >= 15 is 0 Å². The zero-order valence-electron chi connectivity index (χ0n) is 20.7. The van der Waals surface area contributed by atoms with Crippen LogP contribution in [0.1, 0.15) is 42.1 Å². The molecule has 0 unspecified atom stereocenters. The highest BCUT2D eigenvalue weighted by Gasteiger charge is 2.24. The van der Waals surface area contributed by atoms with Crippen LogP contribution in [0.25, 0.3) is 0 Å². The number of carbonyl (C=O) groups is 2. The first-order valence-electron chi connectivity index (χ1n) is 12.8. The Hall–Kier alpha value is -2.90. The number of Topliss-reactive ketones (excluding diaryl/α,β-unsaturated/α-hetero) is 1. The summed E-state index contributed by atoms with van der Waals surface area (Å²) in [5, 5.41) is 0. The minimum Gasteiger partial charge on any atom is -0.494 e. The number of nitrogens with zero attached hydrogens (tertiary/aromatic N) is 3. The van der Waals surface area contributed by atoms with E-state index in [-0.39, 0.29) is 18.5 Å². The van der Waals surface area contributed by atoms with Crippen LogP contribution >= 0.6 is 0 Å². The SMILES string of the molecule is C[C@@H]1CCCN1CCCOc1ccc(C(=O)CN2CCN(C(=O)OCc3ccccc3)CC2)cc1. The van der Waals surface area contributed by atoms with E-state index in [0.717, 1.165) is 24.3 Å². The summed E-state index contributed by atoms with van der Waals surface area (Å²) in [5.41, 5.74) is 1.66. The highest BCUT2D eigenvalue weighted by atomic mass is 16.6. The van der Waals surface area contributed by atoms with Crippen molar-refractivity contribution in [2.45, 2.75) is 38.8 Å². The number of ketones is 1. The quantitative estimate of drug-likeness (QED) is 0.378. The van der Waals surface area contributed by atoms with Gasteiger partial charge in [0.2, 0.25) is 0 Å². The maximum absolute atomic E-state index is 12.7. The third kappa shape index (κ3) is 7.54. The zero-order chi connectivity index (χ0) is 24.5. The van der Waals surface area contributed by atoms with Crippen molar-refractivity contribution in [2.24, 2.45) is 0 Å². The number of likely N-dealkylation sites (tertiary alicyclic amines) is 1. The van der Waals surface area contributed by atoms with Crippen molar-refractivity contribution in [1.29, 1.82) is 0 Å².